The Morgan fingerprint density at radius 2 is 2.04 bits per heavy atom. The summed E-state index contributed by atoms with van der Waals surface area (Å²) in [5.74, 6) is 1.48. The number of hydrogen-bond acceptors (Lipinski definition) is 5. The topological polar surface area (TPSA) is 67.3 Å². The fraction of sp³-hybridized carbons (Fsp3) is 0.353. The molecule has 1 aliphatic heterocycles. The molecule has 2 atom stereocenters. The molecule has 0 unspecified atom stereocenters. The highest BCUT2D eigenvalue weighted by atomic mass is 16.5. The van der Waals surface area contributed by atoms with Gasteiger partial charge in [-0.3, -0.25) is 4.79 Å². The Morgan fingerprint density at radius 3 is 2.78 bits per heavy atom. The third kappa shape index (κ3) is 3.26. The van der Waals surface area contributed by atoms with Crippen molar-refractivity contribution >= 4 is 17.4 Å². The monoisotopic (exact) mass is 312 g/mol. The molecular weight excluding hydrogens is 292 g/mol. The van der Waals surface area contributed by atoms with Crippen LogP contribution in [-0.2, 0) is 4.79 Å². The van der Waals surface area contributed by atoms with Gasteiger partial charge in [0.25, 0.3) is 0 Å². The van der Waals surface area contributed by atoms with Crippen LogP contribution in [0.1, 0.15) is 6.92 Å². The van der Waals surface area contributed by atoms with E-state index in [0.29, 0.717) is 18.1 Å². The third-order valence-corrected chi connectivity index (χ3v) is 4.14. The average Bonchev–Trinajstić information content (AvgIpc) is 2.98. The van der Waals surface area contributed by atoms with Crippen LogP contribution in [0.3, 0.4) is 0 Å². The number of methoxy groups -OCH3 is 1. The first kappa shape index (κ1) is 15.3. The Labute approximate surface area is 135 Å². The first-order chi connectivity index (χ1) is 11.2. The Balaban J connectivity index is 1.70. The third-order valence-electron chi connectivity index (χ3n) is 4.14. The van der Waals surface area contributed by atoms with Crippen LogP contribution in [0.25, 0.3) is 0 Å². The highest BCUT2D eigenvalue weighted by Crippen LogP contribution is 2.29. The molecule has 1 saturated heterocycles. The lowest BCUT2D eigenvalue weighted by Crippen LogP contribution is -2.29. The molecule has 1 fully saturated rings. The molecule has 3 rings (SSSR count). The molecule has 0 aromatic carbocycles. The van der Waals surface area contributed by atoms with Gasteiger partial charge in [-0.2, -0.15) is 0 Å². The molecule has 1 N–H and O–H groups in total. The molecule has 0 aliphatic carbocycles. The van der Waals surface area contributed by atoms with Crippen molar-refractivity contribution in [2.45, 2.75) is 6.92 Å². The predicted molar refractivity (Wildman–Crippen MR) is 88.5 cm³/mol. The second-order valence-electron chi connectivity index (χ2n) is 5.73. The van der Waals surface area contributed by atoms with E-state index in [4.69, 9.17) is 4.74 Å². The molecule has 23 heavy (non-hydrogen) atoms. The fourth-order valence-electron chi connectivity index (χ4n) is 2.91. The summed E-state index contributed by atoms with van der Waals surface area (Å²) in [6.07, 6.45) is 3.41. The number of ether oxygens (including phenoxy) is 1. The zero-order valence-electron chi connectivity index (χ0n) is 13.3. The molecule has 120 valence electrons. The summed E-state index contributed by atoms with van der Waals surface area (Å²) >= 11 is 0. The summed E-state index contributed by atoms with van der Waals surface area (Å²) < 4.78 is 5.18. The number of nitrogens with zero attached hydrogens (tertiary/aromatic N) is 3. The van der Waals surface area contributed by atoms with Crippen LogP contribution >= 0.6 is 0 Å². The van der Waals surface area contributed by atoms with E-state index < -0.39 is 0 Å². The van der Waals surface area contributed by atoms with Gasteiger partial charge in [-0.05, 0) is 30.2 Å². The summed E-state index contributed by atoms with van der Waals surface area (Å²) in [5.41, 5.74) is 0.600. The number of amides is 1. The second kappa shape index (κ2) is 6.64. The van der Waals surface area contributed by atoms with E-state index in [1.165, 1.54) is 0 Å². The van der Waals surface area contributed by atoms with Crippen LogP contribution < -0.4 is 15.0 Å². The number of hydrogen-bond donors (Lipinski definition) is 1. The Bertz CT molecular complexity index is 677. The highest BCUT2D eigenvalue weighted by molar-refractivity contribution is 5.94. The van der Waals surface area contributed by atoms with Crippen LogP contribution in [0, 0.1) is 11.8 Å². The zero-order valence-corrected chi connectivity index (χ0v) is 13.3. The normalized spacial score (nSPS) is 20.3. The highest BCUT2D eigenvalue weighted by Gasteiger charge is 2.35. The van der Waals surface area contributed by atoms with Crippen molar-refractivity contribution in [3.8, 4) is 5.88 Å². The molecular formula is C17H20N4O2. The maximum Gasteiger partial charge on any atom is 0.237 e. The summed E-state index contributed by atoms with van der Waals surface area (Å²) in [5, 5.41) is 2.93. The van der Waals surface area contributed by atoms with Gasteiger partial charge >= 0.3 is 0 Å². The van der Waals surface area contributed by atoms with Gasteiger partial charge in [0.05, 0.1) is 13.0 Å². The van der Waals surface area contributed by atoms with Crippen molar-refractivity contribution < 1.29 is 9.53 Å². The van der Waals surface area contributed by atoms with Crippen LogP contribution in [0.2, 0.25) is 0 Å². The van der Waals surface area contributed by atoms with Gasteiger partial charge in [0.1, 0.15) is 11.5 Å². The number of carbonyl (C=O) groups excluding carboxylic acids is 1. The quantitative estimate of drug-likeness (QED) is 0.937. The smallest absolute Gasteiger partial charge is 0.237 e. The van der Waals surface area contributed by atoms with E-state index >= 15 is 0 Å². The summed E-state index contributed by atoms with van der Waals surface area (Å²) in [4.78, 5) is 23.2. The molecule has 6 heteroatoms. The van der Waals surface area contributed by atoms with Crippen LogP contribution in [0.15, 0.2) is 42.7 Å². The van der Waals surface area contributed by atoms with Crippen LogP contribution in [0.4, 0.5) is 11.5 Å². The zero-order chi connectivity index (χ0) is 16.2. The van der Waals surface area contributed by atoms with Gasteiger partial charge in [-0.1, -0.05) is 13.0 Å². The van der Waals surface area contributed by atoms with E-state index in [1.54, 1.807) is 31.6 Å². The van der Waals surface area contributed by atoms with Crippen molar-refractivity contribution in [1.82, 2.24) is 9.97 Å². The first-order valence-electron chi connectivity index (χ1n) is 7.65. The van der Waals surface area contributed by atoms with E-state index in [0.717, 1.165) is 12.4 Å². The van der Waals surface area contributed by atoms with Crippen molar-refractivity contribution in [1.29, 1.82) is 0 Å². The van der Waals surface area contributed by atoms with E-state index in [-0.39, 0.29) is 17.7 Å². The number of nitrogens with one attached hydrogen (secondary N) is 1. The largest absolute Gasteiger partial charge is 0.480 e. The van der Waals surface area contributed by atoms with Crippen molar-refractivity contribution in [2.24, 2.45) is 11.8 Å². The van der Waals surface area contributed by atoms with Crippen LogP contribution in [-0.4, -0.2) is 36.1 Å². The molecule has 0 saturated carbocycles. The molecule has 2 aromatic heterocycles. The summed E-state index contributed by atoms with van der Waals surface area (Å²) in [6.45, 7) is 3.57. The average molecular weight is 312 g/mol. The number of carbonyl (C=O) groups is 1. The minimum atomic E-state index is -0.0954. The second-order valence-corrected chi connectivity index (χ2v) is 5.73. The standard InChI is InChI=1S/C17H20N4O2/c1-12-10-21(15-7-3-4-8-18-15)11-13(12)16(22)20-14-6-5-9-19-17(14)23-2/h3-9,12-13H,10-11H2,1-2H3,(H,20,22)/t12-,13-/m1/s1. The van der Waals surface area contributed by atoms with E-state index in [9.17, 15) is 4.79 Å². The molecule has 6 nitrogen and oxygen atoms in total. The lowest BCUT2D eigenvalue weighted by Gasteiger charge is -2.17. The van der Waals surface area contributed by atoms with Crippen LogP contribution in [0.5, 0.6) is 5.88 Å². The summed E-state index contributed by atoms with van der Waals surface area (Å²) in [6, 6.07) is 9.39. The first-order valence-corrected chi connectivity index (χ1v) is 7.65. The summed E-state index contributed by atoms with van der Waals surface area (Å²) in [7, 11) is 1.54. The van der Waals surface area contributed by atoms with Crippen molar-refractivity contribution in [3.63, 3.8) is 0 Å². The number of rotatable bonds is 4. The lowest BCUT2D eigenvalue weighted by molar-refractivity contribution is -0.120. The molecule has 1 aliphatic rings. The molecule has 0 bridgehead atoms. The Morgan fingerprint density at radius 1 is 1.22 bits per heavy atom. The molecule has 0 radical (unpaired) electrons. The van der Waals surface area contributed by atoms with E-state index in [2.05, 4.69) is 27.1 Å². The molecule has 0 spiro atoms. The fourth-order valence-corrected chi connectivity index (χ4v) is 2.91. The maximum atomic E-state index is 12.6. The molecule has 3 heterocycles. The van der Waals surface area contributed by atoms with Gasteiger partial charge in [0.15, 0.2) is 0 Å². The van der Waals surface area contributed by atoms with E-state index in [1.807, 2.05) is 18.2 Å². The van der Waals surface area contributed by atoms with Gasteiger partial charge in [-0.15, -0.1) is 0 Å². The SMILES string of the molecule is COc1ncccc1NC(=O)[C@@H]1CN(c2ccccn2)C[C@H]1C. The van der Waals surface area contributed by atoms with Gasteiger partial charge in [0.2, 0.25) is 11.8 Å². The lowest BCUT2D eigenvalue weighted by atomic mass is 9.97. The van der Waals surface area contributed by atoms with Gasteiger partial charge < -0.3 is 15.0 Å². The minimum absolute atomic E-state index is 0.0118. The van der Waals surface area contributed by atoms with Crippen molar-refractivity contribution in [2.75, 3.05) is 30.4 Å². The predicted octanol–water partition coefficient (Wildman–Crippen LogP) is 2.20. The maximum absolute atomic E-state index is 12.6. The minimum Gasteiger partial charge on any atom is -0.480 e. The Hall–Kier alpha value is -2.63. The number of aromatic nitrogens is 2. The number of anilines is 2. The molecule has 2 aromatic rings. The van der Waals surface area contributed by atoms with Crippen molar-refractivity contribution in [3.05, 3.63) is 42.7 Å². The Kier molecular flexibility index (Phi) is 4.41. The van der Waals surface area contributed by atoms with Gasteiger partial charge in [0, 0.05) is 25.5 Å². The number of pyridine rings is 2. The van der Waals surface area contributed by atoms with Gasteiger partial charge in [-0.25, -0.2) is 9.97 Å². The molecule has 1 amide bonds.